The summed E-state index contributed by atoms with van der Waals surface area (Å²) in [5.74, 6) is 0.758. The molecule has 0 aliphatic heterocycles. The highest BCUT2D eigenvalue weighted by molar-refractivity contribution is 5.32. The first kappa shape index (κ1) is 13.1. The number of nitriles is 1. The van der Waals surface area contributed by atoms with Gasteiger partial charge in [-0.25, -0.2) is 0 Å². The van der Waals surface area contributed by atoms with Crippen LogP contribution in [0, 0.1) is 11.3 Å². The third kappa shape index (κ3) is 3.57. The molecule has 0 aliphatic rings. The highest BCUT2D eigenvalue weighted by Crippen LogP contribution is 2.18. The van der Waals surface area contributed by atoms with Gasteiger partial charge in [0.15, 0.2) is 0 Å². The van der Waals surface area contributed by atoms with E-state index in [2.05, 4.69) is 6.07 Å². The van der Waals surface area contributed by atoms with E-state index in [4.69, 9.17) is 10.00 Å². The number of aliphatic hydroxyl groups is 1. The van der Waals surface area contributed by atoms with Gasteiger partial charge >= 0.3 is 0 Å². The number of aliphatic hydroxyl groups excluding tert-OH is 1. The monoisotopic (exact) mass is 253 g/mol. The molecule has 96 valence electrons. The zero-order valence-corrected chi connectivity index (χ0v) is 10.7. The van der Waals surface area contributed by atoms with Crippen LogP contribution >= 0.6 is 0 Å². The van der Waals surface area contributed by atoms with Crippen molar-refractivity contribution in [3.05, 3.63) is 65.2 Å². The number of hydrogen-bond acceptors (Lipinski definition) is 3. The molecule has 3 heteroatoms. The fourth-order valence-corrected chi connectivity index (χ4v) is 1.68. The van der Waals surface area contributed by atoms with Crippen LogP contribution in [0.25, 0.3) is 0 Å². The molecular weight excluding hydrogens is 238 g/mol. The molecule has 2 aromatic carbocycles. The van der Waals surface area contributed by atoms with E-state index >= 15 is 0 Å². The molecule has 0 spiro atoms. The zero-order valence-electron chi connectivity index (χ0n) is 10.7. The smallest absolute Gasteiger partial charge is 0.119 e. The van der Waals surface area contributed by atoms with E-state index in [-0.39, 0.29) is 0 Å². The molecule has 0 saturated carbocycles. The summed E-state index contributed by atoms with van der Waals surface area (Å²) in [5, 5.41) is 18.1. The largest absolute Gasteiger partial charge is 0.489 e. The summed E-state index contributed by atoms with van der Waals surface area (Å²) < 4.78 is 5.64. The molecule has 1 atom stereocenters. The van der Waals surface area contributed by atoms with Crippen molar-refractivity contribution in [3.63, 3.8) is 0 Å². The van der Waals surface area contributed by atoms with Crippen molar-refractivity contribution >= 4 is 0 Å². The molecule has 0 fully saturated rings. The molecule has 0 radical (unpaired) electrons. The van der Waals surface area contributed by atoms with Gasteiger partial charge < -0.3 is 9.84 Å². The molecule has 1 N–H and O–H groups in total. The van der Waals surface area contributed by atoms with E-state index in [1.165, 1.54) is 0 Å². The molecule has 0 aliphatic carbocycles. The molecule has 2 rings (SSSR count). The van der Waals surface area contributed by atoms with Crippen LogP contribution in [0.3, 0.4) is 0 Å². The molecule has 19 heavy (non-hydrogen) atoms. The van der Waals surface area contributed by atoms with Gasteiger partial charge in [0.1, 0.15) is 12.4 Å². The Balaban J connectivity index is 1.96. The lowest BCUT2D eigenvalue weighted by Gasteiger charge is -2.08. The van der Waals surface area contributed by atoms with E-state index in [9.17, 15) is 5.11 Å². The molecule has 0 aromatic heterocycles. The standard InChI is InChI=1S/C16H15NO2/c1-12(18)15-6-8-16(9-7-15)19-11-14-4-2-13(10-17)3-5-14/h2-9,12,18H,11H2,1H3. The van der Waals surface area contributed by atoms with Crippen molar-refractivity contribution in [2.75, 3.05) is 0 Å². The Morgan fingerprint density at radius 3 is 2.26 bits per heavy atom. The first-order chi connectivity index (χ1) is 9.19. The van der Waals surface area contributed by atoms with E-state index < -0.39 is 6.10 Å². The van der Waals surface area contributed by atoms with Crippen LogP contribution in [0.5, 0.6) is 5.75 Å². The van der Waals surface area contributed by atoms with E-state index in [1.54, 1.807) is 19.1 Å². The predicted molar refractivity (Wildman–Crippen MR) is 72.6 cm³/mol. The Bertz CT molecular complexity index is 565. The average Bonchev–Trinajstić information content (AvgIpc) is 2.46. The van der Waals surface area contributed by atoms with Crippen LogP contribution in [0.2, 0.25) is 0 Å². The van der Waals surface area contributed by atoms with Gasteiger partial charge in [0.05, 0.1) is 17.7 Å². The van der Waals surface area contributed by atoms with Crippen LogP contribution in [0.4, 0.5) is 0 Å². The maximum absolute atomic E-state index is 9.40. The number of rotatable bonds is 4. The second kappa shape index (κ2) is 6.03. The van der Waals surface area contributed by atoms with Crippen LogP contribution in [-0.2, 0) is 6.61 Å². The Hall–Kier alpha value is -2.31. The summed E-state index contributed by atoms with van der Waals surface area (Å²) in [5.41, 5.74) is 2.52. The minimum atomic E-state index is -0.465. The maximum atomic E-state index is 9.40. The van der Waals surface area contributed by atoms with Crippen molar-refractivity contribution in [2.45, 2.75) is 19.6 Å². The Morgan fingerprint density at radius 1 is 1.11 bits per heavy atom. The van der Waals surface area contributed by atoms with Gasteiger partial charge in [-0.2, -0.15) is 5.26 Å². The van der Waals surface area contributed by atoms with Crippen molar-refractivity contribution in [3.8, 4) is 11.8 Å². The van der Waals surface area contributed by atoms with Gasteiger partial charge in [-0.3, -0.25) is 0 Å². The van der Waals surface area contributed by atoms with Crippen LogP contribution in [0.15, 0.2) is 48.5 Å². The molecular formula is C16H15NO2. The Labute approximate surface area is 112 Å². The first-order valence-corrected chi connectivity index (χ1v) is 6.09. The summed E-state index contributed by atoms with van der Waals surface area (Å²) in [6.45, 7) is 2.19. The molecule has 2 aromatic rings. The number of nitrogens with zero attached hydrogens (tertiary/aromatic N) is 1. The zero-order chi connectivity index (χ0) is 13.7. The molecule has 0 bridgehead atoms. The SMILES string of the molecule is CC(O)c1ccc(OCc2ccc(C#N)cc2)cc1. The third-order valence-corrected chi connectivity index (χ3v) is 2.85. The van der Waals surface area contributed by atoms with Gasteiger partial charge in [-0.15, -0.1) is 0 Å². The number of hydrogen-bond donors (Lipinski definition) is 1. The molecule has 0 amide bonds. The molecule has 0 heterocycles. The van der Waals surface area contributed by atoms with Gasteiger partial charge in [0, 0.05) is 0 Å². The predicted octanol–water partition coefficient (Wildman–Crippen LogP) is 3.19. The van der Waals surface area contributed by atoms with Crippen molar-refractivity contribution in [1.29, 1.82) is 5.26 Å². The van der Waals surface area contributed by atoms with Gasteiger partial charge in [0.25, 0.3) is 0 Å². The summed E-state index contributed by atoms with van der Waals surface area (Å²) >= 11 is 0. The summed E-state index contributed by atoms with van der Waals surface area (Å²) in [6.07, 6.45) is -0.465. The van der Waals surface area contributed by atoms with Crippen molar-refractivity contribution in [2.24, 2.45) is 0 Å². The molecule has 0 saturated heterocycles. The van der Waals surface area contributed by atoms with Crippen molar-refractivity contribution in [1.82, 2.24) is 0 Å². The Kier molecular flexibility index (Phi) is 4.17. The highest BCUT2D eigenvalue weighted by Gasteiger charge is 2.01. The van der Waals surface area contributed by atoms with Gasteiger partial charge in [-0.05, 0) is 42.3 Å². The second-order valence-corrected chi connectivity index (χ2v) is 4.34. The van der Waals surface area contributed by atoms with E-state index in [1.807, 2.05) is 36.4 Å². The number of ether oxygens (including phenoxy) is 1. The average molecular weight is 253 g/mol. The lowest BCUT2D eigenvalue weighted by atomic mass is 10.1. The molecule has 1 unspecified atom stereocenters. The lowest BCUT2D eigenvalue weighted by Crippen LogP contribution is -1.96. The quantitative estimate of drug-likeness (QED) is 0.910. The minimum Gasteiger partial charge on any atom is -0.489 e. The summed E-state index contributed by atoms with van der Waals surface area (Å²) in [7, 11) is 0. The van der Waals surface area contributed by atoms with Crippen molar-refractivity contribution < 1.29 is 9.84 Å². The maximum Gasteiger partial charge on any atom is 0.119 e. The summed E-state index contributed by atoms with van der Waals surface area (Å²) in [6, 6.07) is 16.8. The first-order valence-electron chi connectivity index (χ1n) is 6.09. The van der Waals surface area contributed by atoms with Gasteiger partial charge in [-0.1, -0.05) is 24.3 Å². The topological polar surface area (TPSA) is 53.2 Å². The summed E-state index contributed by atoms with van der Waals surface area (Å²) in [4.78, 5) is 0. The Morgan fingerprint density at radius 2 is 1.74 bits per heavy atom. The van der Waals surface area contributed by atoms with Crippen LogP contribution in [-0.4, -0.2) is 5.11 Å². The van der Waals surface area contributed by atoms with E-state index in [0.29, 0.717) is 12.2 Å². The van der Waals surface area contributed by atoms with Crippen LogP contribution < -0.4 is 4.74 Å². The second-order valence-electron chi connectivity index (χ2n) is 4.34. The third-order valence-electron chi connectivity index (χ3n) is 2.85. The van der Waals surface area contributed by atoms with Crippen LogP contribution in [0.1, 0.15) is 29.7 Å². The number of benzene rings is 2. The van der Waals surface area contributed by atoms with E-state index in [0.717, 1.165) is 16.9 Å². The molecule has 3 nitrogen and oxygen atoms in total. The minimum absolute atomic E-state index is 0.458. The van der Waals surface area contributed by atoms with Gasteiger partial charge in [0.2, 0.25) is 0 Å². The normalized spacial score (nSPS) is 11.6. The highest BCUT2D eigenvalue weighted by atomic mass is 16.5. The fourth-order valence-electron chi connectivity index (χ4n) is 1.68. The lowest BCUT2D eigenvalue weighted by molar-refractivity contribution is 0.199. The fraction of sp³-hybridized carbons (Fsp3) is 0.188.